The summed E-state index contributed by atoms with van der Waals surface area (Å²) in [7, 11) is -2.29. The molecule has 3 aromatic rings. The number of amides is 1. The number of hydrogen-bond acceptors (Lipinski definition) is 5. The van der Waals surface area contributed by atoms with Crippen molar-refractivity contribution in [2.24, 2.45) is 0 Å². The van der Waals surface area contributed by atoms with Crippen LogP contribution in [0.5, 0.6) is 11.5 Å². The Bertz CT molecular complexity index is 1310. The van der Waals surface area contributed by atoms with Gasteiger partial charge in [-0.05, 0) is 47.5 Å². The summed E-state index contributed by atoms with van der Waals surface area (Å²) >= 11 is 0. The zero-order valence-electron chi connectivity index (χ0n) is 19.6. The molecule has 0 aliphatic carbocycles. The van der Waals surface area contributed by atoms with Crippen molar-refractivity contribution in [3.05, 3.63) is 89.2 Å². The van der Waals surface area contributed by atoms with Crippen LogP contribution in [0.4, 0.5) is 4.39 Å². The highest BCUT2D eigenvalue weighted by Gasteiger charge is 2.28. The predicted molar refractivity (Wildman–Crippen MR) is 129 cm³/mol. The number of carbonyl (C=O) groups is 1. The van der Waals surface area contributed by atoms with E-state index in [9.17, 15) is 17.6 Å². The maximum Gasteiger partial charge on any atom is 0.243 e. The number of benzene rings is 3. The lowest BCUT2D eigenvalue weighted by Crippen LogP contribution is -2.32. The average Bonchev–Trinajstić information content (AvgIpc) is 3.07. The molecule has 0 unspecified atom stereocenters. The second-order valence-corrected chi connectivity index (χ2v) is 10.2. The lowest BCUT2D eigenvalue weighted by molar-refractivity contribution is -0.130. The van der Waals surface area contributed by atoms with Gasteiger partial charge in [0.2, 0.25) is 15.9 Å². The van der Waals surface area contributed by atoms with Crippen LogP contribution in [0.1, 0.15) is 23.6 Å². The number of rotatable bonds is 7. The highest BCUT2D eigenvalue weighted by Crippen LogP contribution is 2.29. The van der Waals surface area contributed by atoms with Gasteiger partial charge in [-0.2, -0.15) is 4.31 Å². The molecule has 184 valence electrons. The number of hydrogen-bond donors (Lipinski definition) is 0. The van der Waals surface area contributed by atoms with Crippen molar-refractivity contribution in [2.75, 3.05) is 20.3 Å². The van der Waals surface area contributed by atoms with Crippen LogP contribution < -0.4 is 9.47 Å². The van der Waals surface area contributed by atoms with E-state index in [0.29, 0.717) is 24.6 Å². The number of ether oxygens (including phenoxy) is 2. The van der Waals surface area contributed by atoms with Crippen LogP contribution in [0.3, 0.4) is 0 Å². The summed E-state index contributed by atoms with van der Waals surface area (Å²) in [4.78, 5) is 14.1. The number of methoxy groups -OCH3 is 1. The fourth-order valence-electron chi connectivity index (χ4n) is 3.95. The molecule has 0 aromatic heterocycles. The Morgan fingerprint density at radius 3 is 2.49 bits per heavy atom. The van der Waals surface area contributed by atoms with Crippen molar-refractivity contribution in [3.8, 4) is 11.5 Å². The van der Waals surface area contributed by atoms with E-state index >= 15 is 0 Å². The van der Waals surface area contributed by atoms with E-state index in [2.05, 4.69) is 0 Å². The molecule has 1 heterocycles. The maximum absolute atomic E-state index is 13.3. The van der Waals surface area contributed by atoms with Crippen LogP contribution in [-0.2, 0) is 34.5 Å². The maximum atomic E-state index is 13.3. The molecule has 7 nitrogen and oxygen atoms in total. The van der Waals surface area contributed by atoms with Crippen molar-refractivity contribution < 1.29 is 27.1 Å². The van der Waals surface area contributed by atoms with Crippen molar-refractivity contribution in [2.45, 2.75) is 31.5 Å². The Hall–Kier alpha value is -3.43. The first-order valence-corrected chi connectivity index (χ1v) is 12.6. The predicted octanol–water partition coefficient (Wildman–Crippen LogP) is 3.97. The molecule has 1 aliphatic heterocycles. The van der Waals surface area contributed by atoms with Gasteiger partial charge in [0, 0.05) is 44.7 Å². The molecule has 0 N–H and O–H groups in total. The Morgan fingerprint density at radius 2 is 1.77 bits per heavy atom. The van der Waals surface area contributed by atoms with E-state index in [4.69, 9.17) is 9.47 Å². The fourth-order valence-corrected chi connectivity index (χ4v) is 5.38. The second kappa shape index (κ2) is 10.5. The summed E-state index contributed by atoms with van der Waals surface area (Å²) in [6.07, 6.45) is 0. The quantitative estimate of drug-likeness (QED) is 0.493. The van der Waals surface area contributed by atoms with Gasteiger partial charge >= 0.3 is 0 Å². The van der Waals surface area contributed by atoms with Crippen molar-refractivity contribution >= 4 is 15.9 Å². The van der Waals surface area contributed by atoms with Gasteiger partial charge in [0.15, 0.2) is 0 Å². The molecule has 4 rings (SSSR count). The average molecular weight is 499 g/mol. The summed E-state index contributed by atoms with van der Waals surface area (Å²) in [6.45, 7) is 2.70. The third-order valence-corrected chi connectivity index (χ3v) is 7.70. The first-order chi connectivity index (χ1) is 16.8. The van der Waals surface area contributed by atoms with Crippen LogP contribution >= 0.6 is 0 Å². The lowest BCUT2D eigenvalue weighted by Gasteiger charge is -2.23. The Morgan fingerprint density at radius 1 is 1.06 bits per heavy atom. The van der Waals surface area contributed by atoms with Gasteiger partial charge < -0.3 is 14.4 Å². The standard InChI is InChI=1S/C26H27FN2O5S/c1-19(30)28(16-20-6-9-23(27)10-7-20)17-21-8-11-26-22(14-21)18-29(12-13-34-26)35(31,32)25-5-3-4-24(15-25)33-2/h3-11,14-15H,12-13,16-18H2,1-2H3. The van der Waals surface area contributed by atoms with Gasteiger partial charge in [0.1, 0.15) is 23.9 Å². The number of halogens is 1. The zero-order valence-corrected chi connectivity index (χ0v) is 20.4. The molecule has 1 amide bonds. The van der Waals surface area contributed by atoms with E-state index < -0.39 is 10.0 Å². The molecule has 1 aliphatic rings. The molecule has 35 heavy (non-hydrogen) atoms. The third kappa shape index (κ3) is 5.80. The summed E-state index contributed by atoms with van der Waals surface area (Å²) < 4.78 is 52.3. The van der Waals surface area contributed by atoms with Crippen molar-refractivity contribution in [1.82, 2.24) is 9.21 Å². The van der Waals surface area contributed by atoms with Crippen LogP contribution in [0, 0.1) is 5.82 Å². The minimum Gasteiger partial charge on any atom is -0.497 e. The first kappa shape index (κ1) is 24.7. The molecule has 0 spiro atoms. The van der Waals surface area contributed by atoms with Crippen molar-refractivity contribution in [1.29, 1.82) is 0 Å². The molecule has 9 heteroatoms. The summed E-state index contributed by atoms with van der Waals surface area (Å²) in [5.74, 6) is 0.625. The van der Waals surface area contributed by atoms with E-state index in [0.717, 1.165) is 16.7 Å². The SMILES string of the molecule is COc1cccc(S(=O)(=O)N2CCOc3ccc(CN(Cc4ccc(F)cc4)C(C)=O)cc3C2)c1. The van der Waals surface area contributed by atoms with E-state index in [1.165, 1.54) is 36.5 Å². The highest BCUT2D eigenvalue weighted by atomic mass is 32.2. The molecule has 0 bridgehead atoms. The van der Waals surface area contributed by atoms with Crippen LogP contribution in [0.25, 0.3) is 0 Å². The van der Waals surface area contributed by atoms with Crippen LogP contribution in [0.15, 0.2) is 71.6 Å². The summed E-state index contributed by atoms with van der Waals surface area (Å²) in [5, 5.41) is 0. The molecular weight excluding hydrogens is 471 g/mol. The fraction of sp³-hybridized carbons (Fsp3) is 0.269. The molecule has 0 saturated carbocycles. The van der Waals surface area contributed by atoms with Crippen LogP contribution in [0.2, 0.25) is 0 Å². The van der Waals surface area contributed by atoms with Gasteiger partial charge in [-0.15, -0.1) is 0 Å². The molecule has 0 fully saturated rings. The smallest absolute Gasteiger partial charge is 0.243 e. The van der Waals surface area contributed by atoms with Crippen molar-refractivity contribution in [3.63, 3.8) is 0 Å². The normalized spacial score (nSPS) is 13.9. The second-order valence-electron chi connectivity index (χ2n) is 8.31. The molecule has 0 atom stereocenters. The minimum atomic E-state index is -3.78. The number of carbonyl (C=O) groups excluding carboxylic acids is 1. The first-order valence-electron chi connectivity index (χ1n) is 11.1. The lowest BCUT2D eigenvalue weighted by atomic mass is 10.1. The van der Waals surface area contributed by atoms with Gasteiger partial charge in [0.05, 0.1) is 12.0 Å². The van der Waals surface area contributed by atoms with Gasteiger partial charge in [-0.1, -0.05) is 24.3 Å². The van der Waals surface area contributed by atoms with E-state index in [1.807, 2.05) is 18.2 Å². The number of sulfonamides is 1. The number of fused-ring (bicyclic) bond motifs is 1. The highest BCUT2D eigenvalue weighted by molar-refractivity contribution is 7.89. The zero-order chi connectivity index (χ0) is 25.0. The molecule has 0 radical (unpaired) electrons. The minimum absolute atomic E-state index is 0.122. The monoisotopic (exact) mass is 498 g/mol. The third-order valence-electron chi connectivity index (χ3n) is 5.85. The Balaban J connectivity index is 1.56. The Labute approximate surface area is 204 Å². The van der Waals surface area contributed by atoms with Gasteiger partial charge in [-0.3, -0.25) is 4.79 Å². The van der Waals surface area contributed by atoms with Gasteiger partial charge in [-0.25, -0.2) is 12.8 Å². The topological polar surface area (TPSA) is 76.2 Å². The van der Waals surface area contributed by atoms with E-state index in [1.54, 1.807) is 35.2 Å². The van der Waals surface area contributed by atoms with Gasteiger partial charge in [0.25, 0.3) is 0 Å². The summed E-state index contributed by atoms with van der Waals surface area (Å²) in [6, 6.07) is 18.0. The largest absolute Gasteiger partial charge is 0.497 e. The Kier molecular flexibility index (Phi) is 7.37. The molecular formula is C26H27FN2O5S. The van der Waals surface area contributed by atoms with E-state index in [-0.39, 0.29) is 36.3 Å². The molecule has 3 aromatic carbocycles. The number of nitrogens with zero attached hydrogens (tertiary/aromatic N) is 2. The molecule has 0 saturated heterocycles. The van der Waals surface area contributed by atoms with Crippen LogP contribution in [-0.4, -0.2) is 43.8 Å². The summed E-state index contributed by atoms with van der Waals surface area (Å²) in [5.41, 5.74) is 2.37.